The van der Waals surface area contributed by atoms with E-state index in [4.69, 9.17) is 4.43 Å². The van der Waals surface area contributed by atoms with Crippen molar-refractivity contribution < 1.29 is 9.53 Å². The molecule has 0 spiro atoms. The van der Waals surface area contributed by atoms with E-state index in [9.17, 15) is 10.4 Å². The van der Waals surface area contributed by atoms with Gasteiger partial charge in [0.05, 0.1) is 17.7 Å². The molecule has 0 aliphatic carbocycles. The third kappa shape index (κ3) is 11.9. The van der Waals surface area contributed by atoms with Gasteiger partial charge in [-0.2, -0.15) is 5.26 Å². The van der Waals surface area contributed by atoms with E-state index >= 15 is 0 Å². The summed E-state index contributed by atoms with van der Waals surface area (Å²) in [6, 6.07) is 2.19. The highest BCUT2D eigenvalue weighted by molar-refractivity contribution is 6.74. The second-order valence-corrected chi connectivity index (χ2v) is 16.1. The Morgan fingerprint density at radius 1 is 1.13 bits per heavy atom. The molecule has 4 heteroatoms. The Morgan fingerprint density at radius 2 is 1.71 bits per heavy atom. The van der Waals surface area contributed by atoms with Gasteiger partial charge in [-0.05, 0) is 81.5 Å². The molecule has 1 unspecified atom stereocenters. The smallest absolute Gasteiger partial charge is 0.192 e. The standard InChI is InChI=1S/C27H49NO2Si/c1-20(2)16-21(3)17-22(4)18-23(5)26(29)25(19-28)15-13-12-14-24(6)30-31(10,11)27(7,8)9/h12-13,15,21-24,26,29H,1,14,16-18H2,2-11H3/b13-12+,25-15-/t21-,22-,23+,24?,26-/m1/s1. The largest absolute Gasteiger partial charge is 0.414 e. The number of allylic oxidation sites excluding steroid dienone is 3. The summed E-state index contributed by atoms with van der Waals surface area (Å²) < 4.78 is 6.37. The van der Waals surface area contributed by atoms with Gasteiger partial charge in [0.25, 0.3) is 0 Å². The molecule has 0 aromatic carbocycles. The zero-order valence-corrected chi connectivity index (χ0v) is 23.0. The summed E-state index contributed by atoms with van der Waals surface area (Å²) >= 11 is 0. The maximum Gasteiger partial charge on any atom is 0.192 e. The molecule has 0 bridgehead atoms. The molecule has 1 N–H and O–H groups in total. The molecule has 0 aliphatic heterocycles. The van der Waals surface area contributed by atoms with Gasteiger partial charge in [0.15, 0.2) is 8.32 Å². The number of rotatable bonds is 13. The predicted molar refractivity (Wildman–Crippen MR) is 137 cm³/mol. The molecule has 5 atom stereocenters. The minimum Gasteiger partial charge on any atom is -0.414 e. The predicted octanol–water partition coefficient (Wildman–Crippen LogP) is 7.81. The van der Waals surface area contributed by atoms with E-state index in [1.54, 1.807) is 6.08 Å². The van der Waals surface area contributed by atoms with E-state index in [1.165, 1.54) is 5.57 Å². The zero-order valence-electron chi connectivity index (χ0n) is 22.0. The van der Waals surface area contributed by atoms with Crippen LogP contribution in [0.2, 0.25) is 18.1 Å². The van der Waals surface area contributed by atoms with Gasteiger partial charge < -0.3 is 9.53 Å². The normalized spacial score (nSPS) is 18.3. The van der Waals surface area contributed by atoms with Crippen LogP contribution in [0.25, 0.3) is 0 Å². The Balaban J connectivity index is 4.78. The molecule has 0 saturated carbocycles. The molecular weight excluding hydrogens is 398 g/mol. The van der Waals surface area contributed by atoms with Crippen LogP contribution >= 0.6 is 0 Å². The van der Waals surface area contributed by atoms with Gasteiger partial charge in [-0.25, -0.2) is 0 Å². The third-order valence-electron chi connectivity index (χ3n) is 6.44. The van der Waals surface area contributed by atoms with Gasteiger partial charge in [0.1, 0.15) is 0 Å². The van der Waals surface area contributed by atoms with E-state index in [1.807, 2.05) is 19.1 Å². The summed E-state index contributed by atoms with van der Waals surface area (Å²) in [7, 11) is -1.77. The van der Waals surface area contributed by atoms with Gasteiger partial charge in [-0.15, -0.1) is 6.58 Å². The topological polar surface area (TPSA) is 53.2 Å². The fourth-order valence-corrected chi connectivity index (χ4v) is 5.36. The summed E-state index contributed by atoms with van der Waals surface area (Å²) in [6.07, 6.45) is 8.96. The third-order valence-corrected chi connectivity index (χ3v) is 11.0. The van der Waals surface area contributed by atoms with Gasteiger partial charge in [0.2, 0.25) is 0 Å². The average Bonchev–Trinajstić information content (AvgIpc) is 2.58. The van der Waals surface area contributed by atoms with Crippen molar-refractivity contribution in [1.82, 2.24) is 0 Å². The lowest BCUT2D eigenvalue weighted by atomic mass is 9.84. The highest BCUT2D eigenvalue weighted by Crippen LogP contribution is 2.37. The van der Waals surface area contributed by atoms with Crippen LogP contribution in [0, 0.1) is 29.1 Å². The van der Waals surface area contributed by atoms with Gasteiger partial charge in [0, 0.05) is 6.10 Å². The molecule has 3 nitrogen and oxygen atoms in total. The van der Waals surface area contributed by atoms with Crippen molar-refractivity contribution in [2.24, 2.45) is 17.8 Å². The minimum absolute atomic E-state index is 0.0483. The van der Waals surface area contributed by atoms with E-state index in [-0.39, 0.29) is 17.1 Å². The maximum absolute atomic E-state index is 10.7. The van der Waals surface area contributed by atoms with E-state index in [0.717, 1.165) is 25.7 Å². The summed E-state index contributed by atoms with van der Waals surface area (Å²) in [5.41, 5.74) is 1.65. The summed E-state index contributed by atoms with van der Waals surface area (Å²) in [5, 5.41) is 20.4. The second kappa shape index (κ2) is 13.4. The summed E-state index contributed by atoms with van der Waals surface area (Å²) in [6.45, 7) is 26.0. The number of hydrogen-bond donors (Lipinski definition) is 1. The molecule has 0 radical (unpaired) electrons. The zero-order chi connectivity index (χ0) is 24.4. The molecule has 0 fully saturated rings. The molecule has 0 aromatic heterocycles. The van der Waals surface area contributed by atoms with E-state index in [0.29, 0.717) is 17.4 Å². The molecule has 0 aromatic rings. The van der Waals surface area contributed by atoms with Crippen molar-refractivity contribution in [2.45, 2.75) is 111 Å². The monoisotopic (exact) mass is 447 g/mol. The molecule has 0 saturated heterocycles. The van der Waals surface area contributed by atoms with Gasteiger partial charge in [-0.1, -0.05) is 59.3 Å². The van der Waals surface area contributed by atoms with E-state index < -0.39 is 14.4 Å². The first-order valence-electron chi connectivity index (χ1n) is 11.9. The Labute approximate surface area is 194 Å². The average molecular weight is 448 g/mol. The molecule has 0 amide bonds. The highest BCUT2D eigenvalue weighted by Gasteiger charge is 2.38. The van der Waals surface area contributed by atoms with Crippen LogP contribution in [-0.4, -0.2) is 25.6 Å². The Hall–Kier alpha value is -1.15. The maximum atomic E-state index is 10.7. The molecular formula is C27H49NO2Si. The Morgan fingerprint density at radius 3 is 2.19 bits per heavy atom. The lowest BCUT2D eigenvalue weighted by molar-refractivity contribution is 0.135. The van der Waals surface area contributed by atoms with Crippen molar-refractivity contribution >= 4 is 8.32 Å². The van der Waals surface area contributed by atoms with Crippen molar-refractivity contribution in [3.63, 3.8) is 0 Å². The van der Waals surface area contributed by atoms with Crippen LogP contribution < -0.4 is 0 Å². The minimum atomic E-state index is -1.77. The van der Waals surface area contributed by atoms with Crippen molar-refractivity contribution in [2.75, 3.05) is 0 Å². The first-order chi connectivity index (χ1) is 14.1. The lowest BCUT2D eigenvalue weighted by Crippen LogP contribution is -2.43. The molecule has 31 heavy (non-hydrogen) atoms. The van der Waals surface area contributed by atoms with Crippen LogP contribution in [-0.2, 0) is 4.43 Å². The molecule has 0 heterocycles. The highest BCUT2D eigenvalue weighted by atomic mass is 28.4. The van der Waals surface area contributed by atoms with Crippen molar-refractivity contribution in [3.05, 3.63) is 36.0 Å². The Bertz CT molecular complexity index is 651. The summed E-state index contributed by atoms with van der Waals surface area (Å²) in [4.78, 5) is 0. The number of nitriles is 1. The summed E-state index contributed by atoms with van der Waals surface area (Å²) in [5.74, 6) is 1.15. The fourth-order valence-electron chi connectivity index (χ4n) is 3.90. The number of hydrogen-bond acceptors (Lipinski definition) is 3. The van der Waals surface area contributed by atoms with Crippen LogP contribution in [0.15, 0.2) is 36.0 Å². The van der Waals surface area contributed by atoms with Crippen LogP contribution in [0.4, 0.5) is 0 Å². The fraction of sp³-hybridized carbons (Fsp3) is 0.741. The molecule has 0 rings (SSSR count). The van der Waals surface area contributed by atoms with Gasteiger partial charge >= 0.3 is 0 Å². The van der Waals surface area contributed by atoms with Crippen LogP contribution in [0.1, 0.15) is 81.1 Å². The van der Waals surface area contributed by atoms with Crippen LogP contribution in [0.5, 0.6) is 0 Å². The first kappa shape index (κ1) is 29.8. The lowest BCUT2D eigenvalue weighted by Gasteiger charge is -2.38. The van der Waals surface area contributed by atoms with Crippen molar-refractivity contribution in [3.8, 4) is 6.07 Å². The number of nitrogens with zero attached hydrogens (tertiary/aromatic N) is 1. The molecule has 0 aliphatic rings. The number of aliphatic hydroxyl groups excluding tert-OH is 1. The van der Waals surface area contributed by atoms with Crippen LogP contribution in [0.3, 0.4) is 0 Å². The molecule has 178 valence electrons. The van der Waals surface area contributed by atoms with E-state index in [2.05, 4.69) is 74.2 Å². The Kier molecular flexibility index (Phi) is 12.9. The quantitative estimate of drug-likeness (QED) is 0.135. The number of aliphatic hydroxyl groups is 1. The van der Waals surface area contributed by atoms with Gasteiger partial charge in [-0.3, -0.25) is 0 Å². The SMILES string of the molecule is C=C(C)C[C@@H](C)C[C@@H](C)C[C@H](C)[C@@H](O)/C(C#N)=C\C=C\CC(C)O[Si](C)(C)C(C)(C)C. The van der Waals surface area contributed by atoms with Crippen molar-refractivity contribution in [1.29, 1.82) is 5.26 Å². The first-order valence-corrected chi connectivity index (χ1v) is 14.8. The second-order valence-electron chi connectivity index (χ2n) is 11.4.